The zero-order chi connectivity index (χ0) is 13.5. The number of rotatable bonds is 6. The van der Waals surface area contributed by atoms with Crippen molar-refractivity contribution in [2.75, 3.05) is 6.54 Å². The summed E-state index contributed by atoms with van der Waals surface area (Å²) in [7, 11) is 0. The Labute approximate surface area is 124 Å². The summed E-state index contributed by atoms with van der Waals surface area (Å²) in [6.45, 7) is 3.25. The molecule has 0 bridgehead atoms. The monoisotopic (exact) mass is 317 g/mol. The zero-order valence-electron chi connectivity index (χ0n) is 11.3. The summed E-state index contributed by atoms with van der Waals surface area (Å²) in [6, 6.07) is 19.4. The molecule has 0 aliphatic heterocycles. The maximum atomic E-state index is 3.60. The van der Waals surface area contributed by atoms with E-state index in [-0.39, 0.29) is 0 Å². The lowest BCUT2D eigenvalue weighted by Crippen LogP contribution is -2.20. The molecule has 0 radical (unpaired) electrons. The quantitative estimate of drug-likeness (QED) is 0.759. The first kappa shape index (κ1) is 14.3. The summed E-state index contributed by atoms with van der Waals surface area (Å²) in [5, 5.41) is 3.58. The molecule has 0 fully saturated rings. The molecule has 0 amide bonds. The summed E-state index contributed by atoms with van der Waals surface area (Å²) < 4.78 is 1.18. The second kappa shape index (κ2) is 7.46. The molecule has 1 N–H and O–H groups in total. The fourth-order valence-electron chi connectivity index (χ4n) is 2.19. The number of hydrogen-bond acceptors (Lipinski definition) is 1. The third-order valence-corrected chi connectivity index (χ3v) is 4.03. The van der Waals surface area contributed by atoms with Gasteiger partial charge in [0.05, 0.1) is 0 Å². The molecule has 2 heteroatoms. The molecule has 0 aliphatic rings. The molecule has 0 saturated heterocycles. The molecule has 2 aromatic rings. The summed E-state index contributed by atoms with van der Waals surface area (Å²) in [4.78, 5) is 0. The average molecular weight is 318 g/mol. The summed E-state index contributed by atoms with van der Waals surface area (Å²) >= 11 is 3.60. The van der Waals surface area contributed by atoms with Crippen LogP contribution >= 0.6 is 15.9 Å². The van der Waals surface area contributed by atoms with Gasteiger partial charge in [0.25, 0.3) is 0 Å². The first-order chi connectivity index (χ1) is 9.27. The molecule has 0 saturated carbocycles. The highest BCUT2D eigenvalue weighted by molar-refractivity contribution is 9.10. The minimum absolute atomic E-state index is 0.381. The van der Waals surface area contributed by atoms with Gasteiger partial charge in [0.15, 0.2) is 0 Å². The Kier molecular flexibility index (Phi) is 5.62. The van der Waals surface area contributed by atoms with Crippen molar-refractivity contribution >= 4 is 15.9 Å². The van der Waals surface area contributed by atoms with E-state index in [0.29, 0.717) is 6.04 Å². The Balaban J connectivity index is 1.76. The lowest BCUT2D eigenvalue weighted by atomic mass is 10.1. The van der Waals surface area contributed by atoms with Crippen molar-refractivity contribution in [3.05, 3.63) is 70.2 Å². The Morgan fingerprint density at radius 2 is 1.68 bits per heavy atom. The number of aryl methyl sites for hydroxylation is 1. The van der Waals surface area contributed by atoms with Gasteiger partial charge < -0.3 is 5.32 Å². The third-order valence-electron chi connectivity index (χ3n) is 3.31. The molecule has 0 aromatic heterocycles. The van der Waals surface area contributed by atoms with Crippen LogP contribution in [0.1, 0.15) is 30.5 Å². The first-order valence-electron chi connectivity index (χ1n) is 6.79. The molecule has 2 rings (SSSR count). The van der Waals surface area contributed by atoms with Gasteiger partial charge in [-0.3, -0.25) is 0 Å². The standard InChI is InChI=1S/C17H20BrN/c1-14(16-11-5-6-12-17(16)18)19-13-7-10-15-8-3-2-4-9-15/h2-6,8-9,11-12,14,19H,7,10,13H2,1H3/t14-/m1/s1. The van der Waals surface area contributed by atoms with Gasteiger partial charge in [-0.2, -0.15) is 0 Å². The van der Waals surface area contributed by atoms with E-state index in [0.717, 1.165) is 13.0 Å². The normalized spacial score (nSPS) is 12.3. The van der Waals surface area contributed by atoms with E-state index >= 15 is 0 Å². The van der Waals surface area contributed by atoms with Gasteiger partial charge in [0.2, 0.25) is 0 Å². The summed E-state index contributed by atoms with van der Waals surface area (Å²) in [6.07, 6.45) is 2.30. The van der Waals surface area contributed by atoms with E-state index in [1.54, 1.807) is 0 Å². The fraction of sp³-hybridized carbons (Fsp3) is 0.294. The van der Waals surface area contributed by atoms with Crippen LogP contribution in [0.2, 0.25) is 0 Å². The molecule has 0 unspecified atom stereocenters. The topological polar surface area (TPSA) is 12.0 Å². The highest BCUT2D eigenvalue weighted by atomic mass is 79.9. The zero-order valence-corrected chi connectivity index (χ0v) is 12.9. The molecule has 1 nitrogen and oxygen atoms in total. The SMILES string of the molecule is C[C@@H](NCCCc1ccccc1)c1ccccc1Br. The largest absolute Gasteiger partial charge is 0.310 e. The Morgan fingerprint density at radius 3 is 2.42 bits per heavy atom. The van der Waals surface area contributed by atoms with Crippen LogP contribution in [0.5, 0.6) is 0 Å². The molecule has 1 atom stereocenters. The molecule has 0 aliphatic carbocycles. The van der Waals surface area contributed by atoms with Gasteiger partial charge in [-0.05, 0) is 43.5 Å². The number of halogens is 1. The molecular formula is C17H20BrN. The van der Waals surface area contributed by atoms with Crippen LogP contribution < -0.4 is 5.32 Å². The van der Waals surface area contributed by atoms with E-state index in [1.165, 1.54) is 22.0 Å². The van der Waals surface area contributed by atoms with Crippen LogP contribution in [0.25, 0.3) is 0 Å². The van der Waals surface area contributed by atoms with Crippen LogP contribution in [0.15, 0.2) is 59.1 Å². The van der Waals surface area contributed by atoms with Gasteiger partial charge in [0.1, 0.15) is 0 Å². The maximum Gasteiger partial charge on any atom is 0.0302 e. The van der Waals surface area contributed by atoms with E-state index in [9.17, 15) is 0 Å². The Bertz CT molecular complexity index is 496. The summed E-state index contributed by atoms with van der Waals surface area (Å²) in [5.41, 5.74) is 2.74. The molecule has 0 spiro atoms. The minimum Gasteiger partial charge on any atom is -0.310 e. The van der Waals surface area contributed by atoms with Gasteiger partial charge in [0, 0.05) is 10.5 Å². The van der Waals surface area contributed by atoms with E-state index in [1.807, 2.05) is 0 Å². The van der Waals surface area contributed by atoms with Crippen molar-refractivity contribution in [2.24, 2.45) is 0 Å². The molecule has 100 valence electrons. The van der Waals surface area contributed by atoms with Crippen molar-refractivity contribution in [2.45, 2.75) is 25.8 Å². The van der Waals surface area contributed by atoms with Crippen molar-refractivity contribution in [3.8, 4) is 0 Å². The van der Waals surface area contributed by atoms with Crippen LogP contribution in [0.3, 0.4) is 0 Å². The Hall–Kier alpha value is -1.12. The predicted octanol–water partition coefficient (Wildman–Crippen LogP) is 4.73. The molecular weight excluding hydrogens is 298 g/mol. The summed E-state index contributed by atoms with van der Waals surface area (Å²) in [5.74, 6) is 0. The predicted molar refractivity (Wildman–Crippen MR) is 85.3 cm³/mol. The van der Waals surface area contributed by atoms with Crippen LogP contribution in [-0.2, 0) is 6.42 Å². The van der Waals surface area contributed by atoms with Crippen molar-refractivity contribution < 1.29 is 0 Å². The van der Waals surface area contributed by atoms with Crippen molar-refractivity contribution in [3.63, 3.8) is 0 Å². The maximum absolute atomic E-state index is 3.60. The molecule has 0 heterocycles. The lowest BCUT2D eigenvalue weighted by molar-refractivity contribution is 0.557. The van der Waals surface area contributed by atoms with E-state index in [2.05, 4.69) is 82.8 Å². The second-order valence-electron chi connectivity index (χ2n) is 4.79. The van der Waals surface area contributed by atoms with Gasteiger partial charge in [-0.25, -0.2) is 0 Å². The highest BCUT2D eigenvalue weighted by Gasteiger charge is 2.07. The third kappa shape index (κ3) is 4.48. The average Bonchev–Trinajstić information content (AvgIpc) is 2.45. The van der Waals surface area contributed by atoms with Crippen molar-refractivity contribution in [1.29, 1.82) is 0 Å². The van der Waals surface area contributed by atoms with Gasteiger partial charge >= 0.3 is 0 Å². The second-order valence-corrected chi connectivity index (χ2v) is 5.64. The first-order valence-corrected chi connectivity index (χ1v) is 7.58. The van der Waals surface area contributed by atoms with Gasteiger partial charge in [-0.15, -0.1) is 0 Å². The smallest absolute Gasteiger partial charge is 0.0302 e. The van der Waals surface area contributed by atoms with Gasteiger partial charge in [-0.1, -0.05) is 64.5 Å². The lowest BCUT2D eigenvalue weighted by Gasteiger charge is -2.15. The number of hydrogen-bond donors (Lipinski definition) is 1. The van der Waals surface area contributed by atoms with Crippen molar-refractivity contribution in [1.82, 2.24) is 5.32 Å². The Morgan fingerprint density at radius 1 is 1.00 bits per heavy atom. The number of nitrogens with one attached hydrogen (secondary N) is 1. The highest BCUT2D eigenvalue weighted by Crippen LogP contribution is 2.22. The molecule has 19 heavy (non-hydrogen) atoms. The van der Waals surface area contributed by atoms with Crippen LogP contribution in [0, 0.1) is 0 Å². The van der Waals surface area contributed by atoms with E-state index < -0.39 is 0 Å². The minimum atomic E-state index is 0.381. The van der Waals surface area contributed by atoms with E-state index in [4.69, 9.17) is 0 Å². The van der Waals surface area contributed by atoms with Crippen LogP contribution in [0.4, 0.5) is 0 Å². The fourth-order valence-corrected chi connectivity index (χ4v) is 2.82. The molecule has 2 aromatic carbocycles. The van der Waals surface area contributed by atoms with Crippen LogP contribution in [-0.4, -0.2) is 6.54 Å². The number of benzene rings is 2.